The van der Waals surface area contributed by atoms with Crippen molar-refractivity contribution in [1.82, 2.24) is 0 Å². The van der Waals surface area contributed by atoms with Gasteiger partial charge in [0.2, 0.25) is 0 Å². The third-order valence-corrected chi connectivity index (χ3v) is 4.59. The average Bonchev–Trinajstić information content (AvgIpc) is 2.80. The van der Waals surface area contributed by atoms with Gasteiger partial charge in [0.15, 0.2) is 11.5 Å². The molecule has 1 aliphatic heterocycles. The molecule has 0 fully saturated rings. The monoisotopic (exact) mass is 343 g/mol. The van der Waals surface area contributed by atoms with Crippen LogP contribution in [0.1, 0.15) is 30.6 Å². The van der Waals surface area contributed by atoms with Gasteiger partial charge in [-0.05, 0) is 30.3 Å². The molecule has 0 radical (unpaired) electrons. The van der Waals surface area contributed by atoms with Crippen molar-refractivity contribution in [2.75, 3.05) is 18.5 Å². The normalized spacial score (nSPS) is 13.5. The molecule has 0 saturated heterocycles. The predicted molar refractivity (Wildman–Crippen MR) is 97.4 cm³/mol. The van der Waals surface area contributed by atoms with Gasteiger partial charge in [0.05, 0.1) is 18.9 Å². The summed E-state index contributed by atoms with van der Waals surface area (Å²) in [5.74, 6) is 1.17. The zero-order valence-corrected chi connectivity index (χ0v) is 14.7. The van der Waals surface area contributed by atoms with Crippen LogP contribution in [0, 0.1) is 0 Å². The van der Waals surface area contributed by atoms with Gasteiger partial charge in [-0.3, -0.25) is 4.79 Å². The number of carbonyl (C=O) groups is 1. The second-order valence-electron chi connectivity index (χ2n) is 5.83. The molecule has 0 saturated carbocycles. The molecule has 1 N–H and O–H groups in total. The van der Waals surface area contributed by atoms with Crippen LogP contribution in [0.5, 0.6) is 11.5 Å². The molecule has 0 bridgehead atoms. The second kappa shape index (κ2) is 7.62. The van der Waals surface area contributed by atoms with E-state index in [1.165, 1.54) is 0 Å². The number of hydrogen-bond donors (Lipinski definition) is 1. The minimum absolute atomic E-state index is 0.151. The van der Waals surface area contributed by atoms with Gasteiger partial charge < -0.3 is 14.8 Å². The maximum Gasteiger partial charge on any atom is 0.255 e. The van der Waals surface area contributed by atoms with Gasteiger partial charge in [-0.15, -0.1) is 11.8 Å². The molecule has 4 nitrogen and oxygen atoms in total. The Labute approximate surface area is 146 Å². The van der Waals surface area contributed by atoms with Gasteiger partial charge in [0.1, 0.15) is 0 Å². The summed E-state index contributed by atoms with van der Waals surface area (Å²) in [6.45, 7) is 5.50. The number of ether oxygens (including phenoxy) is 2. The van der Waals surface area contributed by atoms with E-state index in [0.29, 0.717) is 35.5 Å². The molecule has 0 atom stereocenters. The fourth-order valence-corrected chi connectivity index (χ4v) is 3.34. The van der Waals surface area contributed by atoms with Crippen molar-refractivity contribution in [3.63, 3.8) is 0 Å². The van der Waals surface area contributed by atoms with Crippen LogP contribution in [0.25, 0.3) is 0 Å². The Hall–Kier alpha value is -2.14. The number of anilines is 1. The summed E-state index contributed by atoms with van der Waals surface area (Å²) in [5, 5.41) is 3.44. The Kier molecular flexibility index (Phi) is 5.30. The van der Waals surface area contributed by atoms with Crippen molar-refractivity contribution in [2.45, 2.75) is 30.4 Å². The Morgan fingerprint density at radius 3 is 2.62 bits per heavy atom. The average molecular weight is 343 g/mol. The first kappa shape index (κ1) is 16.7. The van der Waals surface area contributed by atoms with E-state index < -0.39 is 0 Å². The largest absolute Gasteiger partial charge is 0.490 e. The molecule has 1 amide bonds. The zero-order chi connectivity index (χ0) is 16.9. The topological polar surface area (TPSA) is 47.6 Å². The van der Waals surface area contributed by atoms with Gasteiger partial charge in [0.25, 0.3) is 5.91 Å². The molecule has 1 aliphatic rings. The lowest BCUT2D eigenvalue weighted by molar-refractivity contribution is 0.102. The molecular formula is C19H21NO3S. The second-order valence-corrected chi connectivity index (χ2v) is 7.45. The molecule has 1 heterocycles. The first-order chi connectivity index (χ1) is 11.6. The van der Waals surface area contributed by atoms with Crippen LogP contribution in [0.3, 0.4) is 0 Å². The van der Waals surface area contributed by atoms with Crippen LogP contribution in [-0.2, 0) is 0 Å². The molecule has 2 aromatic rings. The summed E-state index contributed by atoms with van der Waals surface area (Å²) in [7, 11) is 0. The standard InChI is InChI=1S/C19H21NO3S/c1-13(2)24-18-7-4-3-6-15(18)20-19(21)14-8-9-16-17(12-14)23-11-5-10-22-16/h3-4,6-9,12-13H,5,10-11H2,1-2H3,(H,20,21). The van der Waals surface area contributed by atoms with E-state index in [1.807, 2.05) is 24.3 Å². The van der Waals surface area contributed by atoms with Crippen molar-refractivity contribution < 1.29 is 14.3 Å². The summed E-state index contributed by atoms with van der Waals surface area (Å²) in [6, 6.07) is 13.2. The lowest BCUT2D eigenvalue weighted by Gasteiger charge is -2.13. The number of benzene rings is 2. The summed E-state index contributed by atoms with van der Waals surface area (Å²) in [5.41, 5.74) is 1.39. The number of fused-ring (bicyclic) bond motifs is 1. The molecule has 126 valence electrons. The maximum absolute atomic E-state index is 12.6. The fraction of sp³-hybridized carbons (Fsp3) is 0.316. The molecule has 24 heavy (non-hydrogen) atoms. The van der Waals surface area contributed by atoms with E-state index in [4.69, 9.17) is 9.47 Å². The van der Waals surface area contributed by atoms with Crippen LogP contribution < -0.4 is 14.8 Å². The number of para-hydroxylation sites is 1. The minimum atomic E-state index is -0.151. The van der Waals surface area contributed by atoms with Crippen LogP contribution in [0.2, 0.25) is 0 Å². The highest BCUT2D eigenvalue weighted by Gasteiger charge is 2.15. The molecule has 0 spiro atoms. The number of amides is 1. The molecular weight excluding hydrogens is 322 g/mol. The first-order valence-corrected chi connectivity index (χ1v) is 8.98. The highest BCUT2D eigenvalue weighted by molar-refractivity contribution is 8.00. The lowest BCUT2D eigenvalue weighted by Crippen LogP contribution is -2.13. The molecule has 0 aliphatic carbocycles. The van der Waals surface area contributed by atoms with E-state index in [0.717, 1.165) is 17.0 Å². The Balaban J connectivity index is 1.79. The fourth-order valence-electron chi connectivity index (χ4n) is 2.43. The van der Waals surface area contributed by atoms with Crippen molar-refractivity contribution in [3.05, 3.63) is 48.0 Å². The van der Waals surface area contributed by atoms with Gasteiger partial charge in [-0.25, -0.2) is 0 Å². The molecule has 0 aromatic heterocycles. The summed E-state index contributed by atoms with van der Waals surface area (Å²) in [6.07, 6.45) is 0.843. The molecule has 3 rings (SSSR count). The zero-order valence-electron chi connectivity index (χ0n) is 13.9. The van der Waals surface area contributed by atoms with E-state index in [9.17, 15) is 4.79 Å². The minimum Gasteiger partial charge on any atom is -0.490 e. The molecule has 0 unspecified atom stereocenters. The van der Waals surface area contributed by atoms with Crippen LogP contribution in [0.15, 0.2) is 47.4 Å². The number of thioether (sulfide) groups is 1. The van der Waals surface area contributed by atoms with Crippen LogP contribution in [0.4, 0.5) is 5.69 Å². The summed E-state index contributed by atoms with van der Waals surface area (Å²) >= 11 is 1.73. The highest BCUT2D eigenvalue weighted by atomic mass is 32.2. The third-order valence-electron chi connectivity index (χ3n) is 3.51. The Morgan fingerprint density at radius 2 is 1.83 bits per heavy atom. The van der Waals surface area contributed by atoms with Crippen LogP contribution in [-0.4, -0.2) is 24.4 Å². The van der Waals surface area contributed by atoms with Crippen molar-refractivity contribution >= 4 is 23.4 Å². The highest BCUT2D eigenvalue weighted by Crippen LogP contribution is 2.32. The van der Waals surface area contributed by atoms with Crippen molar-refractivity contribution in [3.8, 4) is 11.5 Å². The van der Waals surface area contributed by atoms with Crippen LogP contribution >= 0.6 is 11.8 Å². The Bertz CT molecular complexity index is 730. The van der Waals surface area contributed by atoms with Gasteiger partial charge >= 0.3 is 0 Å². The molecule has 5 heteroatoms. The lowest BCUT2D eigenvalue weighted by atomic mass is 10.2. The van der Waals surface area contributed by atoms with Gasteiger partial charge in [0, 0.05) is 22.1 Å². The number of rotatable bonds is 4. The Morgan fingerprint density at radius 1 is 1.08 bits per heavy atom. The van der Waals surface area contributed by atoms with Gasteiger partial charge in [-0.2, -0.15) is 0 Å². The predicted octanol–water partition coefficient (Wildman–Crippen LogP) is 4.60. The van der Waals surface area contributed by atoms with Crippen molar-refractivity contribution in [2.24, 2.45) is 0 Å². The molecule has 2 aromatic carbocycles. The number of hydrogen-bond acceptors (Lipinski definition) is 4. The van der Waals surface area contributed by atoms with Gasteiger partial charge in [-0.1, -0.05) is 26.0 Å². The van der Waals surface area contributed by atoms with E-state index in [2.05, 4.69) is 19.2 Å². The first-order valence-electron chi connectivity index (χ1n) is 8.10. The van der Waals surface area contributed by atoms with E-state index >= 15 is 0 Å². The number of carbonyl (C=O) groups excluding carboxylic acids is 1. The van der Waals surface area contributed by atoms with E-state index in [1.54, 1.807) is 30.0 Å². The summed E-state index contributed by atoms with van der Waals surface area (Å²) < 4.78 is 11.3. The number of nitrogens with one attached hydrogen (secondary N) is 1. The van der Waals surface area contributed by atoms with E-state index in [-0.39, 0.29) is 5.91 Å². The SMILES string of the molecule is CC(C)Sc1ccccc1NC(=O)c1ccc2c(c1)OCCCO2. The summed E-state index contributed by atoms with van der Waals surface area (Å²) in [4.78, 5) is 13.7. The smallest absolute Gasteiger partial charge is 0.255 e. The maximum atomic E-state index is 12.6. The van der Waals surface area contributed by atoms with Crippen molar-refractivity contribution in [1.29, 1.82) is 0 Å². The quantitative estimate of drug-likeness (QED) is 0.824. The third kappa shape index (κ3) is 4.03.